The van der Waals surface area contributed by atoms with Crippen molar-refractivity contribution in [3.8, 4) is 0 Å². The minimum absolute atomic E-state index is 0.0314. The molecule has 0 aromatic rings. The first-order valence-electron chi connectivity index (χ1n) is 20.1. The number of rotatable bonds is 36. The summed E-state index contributed by atoms with van der Waals surface area (Å²) in [7, 11) is 1.47. The Kier molecular flexibility index (Phi) is 32.3. The number of hydrogen-bond acceptors (Lipinski definition) is 7. The molecule has 0 fully saturated rings. The van der Waals surface area contributed by atoms with Crippen LogP contribution in [-0.2, 0) is 32.7 Å². The zero-order valence-electron chi connectivity index (χ0n) is 32.9. The van der Waals surface area contributed by atoms with Gasteiger partial charge in [-0.3, -0.25) is 18.6 Å². The van der Waals surface area contributed by atoms with Crippen LogP contribution >= 0.6 is 7.82 Å². The zero-order chi connectivity index (χ0) is 37.2. The predicted octanol–water partition coefficient (Wildman–Crippen LogP) is 10.8. The Labute approximate surface area is 307 Å². The first-order valence-corrected chi connectivity index (χ1v) is 21.6. The number of unbranched alkanes of at least 4 members (excludes halogenated alkanes) is 18. The van der Waals surface area contributed by atoms with E-state index >= 15 is 0 Å². The maximum Gasteiger partial charge on any atom is 0.472 e. The molecule has 0 aromatic heterocycles. The predicted molar refractivity (Wildman–Crippen MR) is 206 cm³/mol. The minimum Gasteiger partial charge on any atom is -0.462 e. The number of nitrogens with zero attached hydrogens (tertiary/aromatic N) is 1. The highest BCUT2D eigenvalue weighted by atomic mass is 31.2. The first kappa shape index (κ1) is 48.5. The van der Waals surface area contributed by atoms with Crippen LogP contribution in [0.4, 0.5) is 0 Å². The molecule has 9 nitrogen and oxygen atoms in total. The molecule has 0 aliphatic rings. The molecule has 0 radical (unpaired) electrons. The largest absolute Gasteiger partial charge is 0.472 e. The fourth-order valence-electron chi connectivity index (χ4n) is 5.28. The molecule has 0 rings (SSSR count). The van der Waals surface area contributed by atoms with Crippen molar-refractivity contribution in [2.75, 3.05) is 47.5 Å². The lowest BCUT2D eigenvalue weighted by molar-refractivity contribution is -0.870. The summed E-state index contributed by atoms with van der Waals surface area (Å²) >= 11 is 0. The molecular formula is C40H77NO8P+. The van der Waals surface area contributed by atoms with Crippen LogP contribution in [-0.4, -0.2) is 74.9 Å². The number of esters is 2. The van der Waals surface area contributed by atoms with Crippen molar-refractivity contribution >= 4 is 19.8 Å². The van der Waals surface area contributed by atoms with Gasteiger partial charge in [-0.15, -0.1) is 0 Å². The second kappa shape index (κ2) is 33.3. The van der Waals surface area contributed by atoms with Gasteiger partial charge in [-0.2, -0.15) is 0 Å². The maximum absolute atomic E-state index is 12.6. The van der Waals surface area contributed by atoms with Crippen molar-refractivity contribution in [3.05, 3.63) is 24.3 Å². The van der Waals surface area contributed by atoms with Gasteiger partial charge in [0.15, 0.2) is 6.10 Å². The number of allylic oxidation sites excluding steroid dienone is 4. The molecular weight excluding hydrogens is 653 g/mol. The quantitative estimate of drug-likeness (QED) is 0.0223. The van der Waals surface area contributed by atoms with E-state index < -0.39 is 26.5 Å². The third-order valence-electron chi connectivity index (χ3n) is 8.48. The van der Waals surface area contributed by atoms with Crippen LogP contribution in [0.25, 0.3) is 0 Å². The summed E-state index contributed by atoms with van der Waals surface area (Å²) in [4.78, 5) is 35.1. The van der Waals surface area contributed by atoms with Gasteiger partial charge in [0, 0.05) is 12.8 Å². The second-order valence-electron chi connectivity index (χ2n) is 14.7. The zero-order valence-corrected chi connectivity index (χ0v) is 33.8. The van der Waals surface area contributed by atoms with Crippen LogP contribution in [0, 0.1) is 0 Å². The van der Waals surface area contributed by atoms with Crippen molar-refractivity contribution in [3.63, 3.8) is 0 Å². The Morgan fingerprint density at radius 2 is 1.08 bits per heavy atom. The molecule has 0 saturated heterocycles. The van der Waals surface area contributed by atoms with Crippen LogP contribution in [0.2, 0.25) is 0 Å². The highest BCUT2D eigenvalue weighted by molar-refractivity contribution is 7.47. The van der Waals surface area contributed by atoms with Gasteiger partial charge < -0.3 is 18.9 Å². The van der Waals surface area contributed by atoms with Gasteiger partial charge in [0.05, 0.1) is 27.7 Å². The van der Waals surface area contributed by atoms with Gasteiger partial charge in [-0.25, -0.2) is 4.57 Å². The summed E-state index contributed by atoms with van der Waals surface area (Å²) in [5, 5.41) is 0. The standard InChI is InChI=1S/C40H76NO8P/c1-6-8-10-12-14-16-17-18-19-20-21-22-23-25-27-29-31-33-40(43)49-38(37-48-50(44,45)47-35-34-41(3,4)5)36-46-39(42)32-30-28-26-24-15-13-11-9-7-2/h14,16,18-19,38H,6-13,15,17,20-37H2,1-5H3/p+1/b16-14+,19-18+/t38-/m1/s1. The maximum atomic E-state index is 12.6. The van der Waals surface area contributed by atoms with Gasteiger partial charge in [-0.1, -0.05) is 134 Å². The Balaban J connectivity index is 4.38. The Hall–Kier alpha value is -1.51. The van der Waals surface area contributed by atoms with Crippen LogP contribution in [0.3, 0.4) is 0 Å². The second-order valence-corrected chi connectivity index (χ2v) is 16.1. The highest BCUT2D eigenvalue weighted by Gasteiger charge is 2.27. The third-order valence-corrected chi connectivity index (χ3v) is 9.47. The smallest absolute Gasteiger partial charge is 0.462 e. The van der Waals surface area contributed by atoms with Crippen molar-refractivity contribution in [2.45, 2.75) is 174 Å². The van der Waals surface area contributed by atoms with Crippen LogP contribution in [0.1, 0.15) is 168 Å². The molecule has 1 unspecified atom stereocenters. The monoisotopic (exact) mass is 731 g/mol. The van der Waals surface area contributed by atoms with E-state index in [1.807, 2.05) is 21.1 Å². The molecule has 0 bridgehead atoms. The molecule has 50 heavy (non-hydrogen) atoms. The summed E-state index contributed by atoms with van der Waals surface area (Å²) in [6.07, 6.45) is 33.7. The molecule has 0 spiro atoms. The SMILES string of the molecule is CCCCC/C=C/C/C=C/CCCCCCCCCC(=O)O[C@H](COC(=O)CCCCCCCCCCC)COP(=O)(O)OCC[N+](C)(C)C. The number of likely N-dealkylation sites (N-methyl/N-ethyl adjacent to an activating group) is 1. The number of carbonyl (C=O) groups is 2. The van der Waals surface area contributed by atoms with Crippen molar-refractivity contribution in [2.24, 2.45) is 0 Å². The number of quaternary nitrogens is 1. The molecule has 2 atom stereocenters. The summed E-state index contributed by atoms with van der Waals surface area (Å²) in [5.41, 5.74) is 0. The summed E-state index contributed by atoms with van der Waals surface area (Å²) in [6, 6.07) is 0. The van der Waals surface area contributed by atoms with Gasteiger partial charge in [0.2, 0.25) is 0 Å². The molecule has 0 amide bonds. The number of phosphoric ester groups is 1. The van der Waals surface area contributed by atoms with Crippen LogP contribution in [0.15, 0.2) is 24.3 Å². The topological polar surface area (TPSA) is 108 Å². The van der Waals surface area contributed by atoms with E-state index in [1.165, 1.54) is 83.5 Å². The van der Waals surface area contributed by atoms with E-state index in [4.69, 9.17) is 18.5 Å². The summed E-state index contributed by atoms with van der Waals surface area (Å²) < 4.78 is 34.1. The van der Waals surface area contributed by atoms with E-state index in [2.05, 4.69) is 38.2 Å². The normalized spacial score (nSPS) is 14.0. The lowest BCUT2D eigenvalue weighted by atomic mass is 10.1. The number of ether oxygens (including phenoxy) is 2. The third kappa shape index (κ3) is 36.3. The van der Waals surface area contributed by atoms with E-state index in [0.717, 1.165) is 51.4 Å². The Morgan fingerprint density at radius 1 is 0.620 bits per heavy atom. The van der Waals surface area contributed by atoms with E-state index in [9.17, 15) is 19.0 Å². The molecule has 0 aliphatic heterocycles. The van der Waals surface area contributed by atoms with Crippen LogP contribution < -0.4 is 0 Å². The lowest BCUT2D eigenvalue weighted by Gasteiger charge is -2.24. The van der Waals surface area contributed by atoms with E-state index in [-0.39, 0.29) is 32.0 Å². The van der Waals surface area contributed by atoms with Gasteiger partial charge in [0.25, 0.3) is 0 Å². The summed E-state index contributed by atoms with van der Waals surface area (Å²) in [6.45, 7) is 4.36. The molecule has 0 saturated carbocycles. The van der Waals surface area contributed by atoms with E-state index in [0.29, 0.717) is 17.4 Å². The van der Waals surface area contributed by atoms with Gasteiger partial charge in [-0.05, 0) is 44.9 Å². The van der Waals surface area contributed by atoms with E-state index in [1.54, 1.807) is 0 Å². The Morgan fingerprint density at radius 3 is 1.62 bits per heavy atom. The molecule has 0 aromatic carbocycles. The Bertz CT molecular complexity index is 918. The highest BCUT2D eigenvalue weighted by Crippen LogP contribution is 2.43. The van der Waals surface area contributed by atoms with Crippen molar-refractivity contribution in [1.29, 1.82) is 0 Å². The van der Waals surface area contributed by atoms with Crippen molar-refractivity contribution < 1.29 is 42.1 Å². The molecule has 0 heterocycles. The summed E-state index contributed by atoms with van der Waals surface area (Å²) in [5.74, 6) is -0.809. The first-order chi connectivity index (χ1) is 24.0. The number of carbonyl (C=O) groups excluding carboxylic acids is 2. The average molecular weight is 731 g/mol. The molecule has 0 aliphatic carbocycles. The lowest BCUT2D eigenvalue weighted by Crippen LogP contribution is -2.37. The van der Waals surface area contributed by atoms with Crippen LogP contribution in [0.5, 0.6) is 0 Å². The minimum atomic E-state index is -4.37. The van der Waals surface area contributed by atoms with Gasteiger partial charge in [0.1, 0.15) is 19.8 Å². The fraction of sp³-hybridized carbons (Fsp3) is 0.850. The number of hydrogen-bond donors (Lipinski definition) is 1. The fourth-order valence-corrected chi connectivity index (χ4v) is 6.02. The van der Waals surface area contributed by atoms with Gasteiger partial charge >= 0.3 is 19.8 Å². The molecule has 10 heteroatoms. The number of phosphoric acid groups is 1. The van der Waals surface area contributed by atoms with Crippen molar-refractivity contribution in [1.82, 2.24) is 0 Å². The molecule has 1 N–H and O–H groups in total. The average Bonchev–Trinajstić information content (AvgIpc) is 3.06. The molecule has 294 valence electrons.